The second kappa shape index (κ2) is 5.25. The monoisotopic (exact) mass is 300 g/mol. The summed E-state index contributed by atoms with van der Waals surface area (Å²) in [7, 11) is 0. The first kappa shape index (κ1) is 14.5. The Morgan fingerprint density at radius 1 is 1.05 bits per heavy atom. The molecule has 0 atom stereocenters. The highest BCUT2D eigenvalue weighted by Gasteiger charge is 2.31. The van der Waals surface area contributed by atoms with E-state index in [9.17, 15) is 13.2 Å². The zero-order valence-electron chi connectivity index (χ0n) is 10.6. The molecule has 0 aliphatic heterocycles. The van der Waals surface area contributed by atoms with E-state index in [0.29, 0.717) is 11.4 Å². The Morgan fingerprint density at radius 2 is 1.75 bits per heavy atom. The van der Waals surface area contributed by atoms with Crippen LogP contribution in [0.5, 0.6) is 0 Å². The van der Waals surface area contributed by atoms with Crippen LogP contribution in [0.15, 0.2) is 36.4 Å². The zero-order chi connectivity index (χ0) is 14.9. The van der Waals surface area contributed by atoms with Crippen molar-refractivity contribution in [1.29, 1.82) is 0 Å². The minimum Gasteiger partial charge on any atom is -0.399 e. The van der Waals surface area contributed by atoms with Gasteiger partial charge in [0.2, 0.25) is 0 Å². The third-order valence-corrected chi connectivity index (χ3v) is 3.00. The quantitative estimate of drug-likeness (QED) is 0.767. The lowest BCUT2D eigenvalue weighted by Gasteiger charge is -2.12. The Morgan fingerprint density at radius 3 is 2.35 bits per heavy atom. The first-order chi connectivity index (χ1) is 9.25. The third-order valence-electron chi connectivity index (χ3n) is 2.78. The average Bonchev–Trinajstić information content (AvgIpc) is 2.32. The number of alkyl halides is 3. The molecule has 0 aliphatic rings. The molecule has 0 spiro atoms. The van der Waals surface area contributed by atoms with Gasteiger partial charge >= 0.3 is 6.18 Å². The van der Waals surface area contributed by atoms with Crippen LogP contribution < -0.4 is 11.1 Å². The van der Waals surface area contributed by atoms with Gasteiger partial charge in [0.15, 0.2) is 0 Å². The predicted molar refractivity (Wildman–Crippen MR) is 75.3 cm³/mol. The number of nitrogen functional groups attached to an aromatic ring is 1. The molecule has 3 N–H and O–H groups in total. The van der Waals surface area contributed by atoms with Gasteiger partial charge < -0.3 is 11.1 Å². The van der Waals surface area contributed by atoms with Crippen molar-refractivity contribution in [2.75, 3.05) is 11.1 Å². The van der Waals surface area contributed by atoms with Gasteiger partial charge in [-0.15, -0.1) is 0 Å². The van der Waals surface area contributed by atoms with E-state index in [2.05, 4.69) is 5.32 Å². The molecular weight excluding hydrogens is 289 g/mol. The van der Waals surface area contributed by atoms with Gasteiger partial charge in [-0.3, -0.25) is 0 Å². The molecule has 0 aliphatic carbocycles. The smallest absolute Gasteiger partial charge is 0.399 e. The number of hydrogen-bond acceptors (Lipinski definition) is 2. The van der Waals surface area contributed by atoms with Crippen molar-refractivity contribution >= 4 is 28.7 Å². The molecule has 2 nitrogen and oxygen atoms in total. The van der Waals surface area contributed by atoms with Gasteiger partial charge in [-0.1, -0.05) is 11.6 Å². The van der Waals surface area contributed by atoms with Crippen LogP contribution >= 0.6 is 11.6 Å². The maximum atomic E-state index is 12.7. The topological polar surface area (TPSA) is 38.0 Å². The number of aryl methyl sites for hydroxylation is 1. The van der Waals surface area contributed by atoms with E-state index in [1.807, 2.05) is 6.92 Å². The van der Waals surface area contributed by atoms with Crippen molar-refractivity contribution in [2.45, 2.75) is 13.1 Å². The second-order valence-electron chi connectivity index (χ2n) is 4.42. The first-order valence-corrected chi connectivity index (χ1v) is 6.14. The first-order valence-electron chi connectivity index (χ1n) is 5.76. The van der Waals surface area contributed by atoms with Gasteiger partial charge in [-0.05, 0) is 48.9 Å². The molecule has 20 heavy (non-hydrogen) atoms. The number of nitrogens with two attached hydrogens (primary N) is 1. The largest absolute Gasteiger partial charge is 0.416 e. The number of halogens is 4. The van der Waals surface area contributed by atoms with Gasteiger partial charge in [0.1, 0.15) is 0 Å². The number of nitrogens with one attached hydrogen (secondary N) is 1. The molecular formula is C14H12ClF3N2. The third kappa shape index (κ3) is 3.36. The van der Waals surface area contributed by atoms with Gasteiger partial charge in [-0.2, -0.15) is 13.2 Å². The maximum absolute atomic E-state index is 12.7. The fourth-order valence-electron chi connectivity index (χ4n) is 1.75. The van der Waals surface area contributed by atoms with Crippen molar-refractivity contribution < 1.29 is 13.2 Å². The summed E-state index contributed by atoms with van der Waals surface area (Å²) >= 11 is 5.72. The van der Waals surface area contributed by atoms with Crippen LogP contribution in [0.3, 0.4) is 0 Å². The molecule has 0 aromatic heterocycles. The molecule has 0 unspecified atom stereocenters. The molecule has 0 amide bonds. The van der Waals surface area contributed by atoms with Crippen molar-refractivity contribution in [2.24, 2.45) is 0 Å². The molecule has 2 aromatic rings. The molecule has 2 rings (SSSR count). The number of anilines is 3. The Kier molecular flexibility index (Phi) is 3.81. The zero-order valence-corrected chi connectivity index (χ0v) is 11.3. The SMILES string of the molecule is Cc1cc(Nc2cc(Cl)cc(C(F)(F)F)c2)ccc1N. The number of hydrogen-bond donors (Lipinski definition) is 2. The van der Waals surface area contributed by atoms with Crippen LogP contribution in [0.25, 0.3) is 0 Å². The predicted octanol–water partition coefficient (Wildman–Crippen LogP) is 4.99. The lowest BCUT2D eigenvalue weighted by Crippen LogP contribution is -2.05. The molecule has 106 valence electrons. The summed E-state index contributed by atoms with van der Waals surface area (Å²) < 4.78 is 38.1. The van der Waals surface area contributed by atoms with Crippen molar-refractivity contribution in [3.8, 4) is 0 Å². The van der Waals surface area contributed by atoms with Gasteiger partial charge in [0.25, 0.3) is 0 Å². The van der Waals surface area contributed by atoms with Gasteiger partial charge in [-0.25, -0.2) is 0 Å². The fourth-order valence-corrected chi connectivity index (χ4v) is 1.98. The normalized spacial score (nSPS) is 11.4. The number of benzene rings is 2. The van der Waals surface area contributed by atoms with Crippen molar-refractivity contribution in [3.63, 3.8) is 0 Å². The maximum Gasteiger partial charge on any atom is 0.416 e. The molecule has 0 saturated heterocycles. The van der Waals surface area contributed by atoms with Crippen LogP contribution in [0.2, 0.25) is 5.02 Å². The summed E-state index contributed by atoms with van der Waals surface area (Å²) in [4.78, 5) is 0. The molecule has 0 heterocycles. The van der Waals surface area contributed by atoms with Crippen molar-refractivity contribution in [3.05, 3.63) is 52.5 Å². The summed E-state index contributed by atoms with van der Waals surface area (Å²) in [6, 6.07) is 8.47. The summed E-state index contributed by atoms with van der Waals surface area (Å²) in [5.74, 6) is 0. The highest BCUT2D eigenvalue weighted by atomic mass is 35.5. The average molecular weight is 301 g/mol. The molecule has 0 fully saturated rings. The van der Waals surface area contributed by atoms with E-state index in [0.717, 1.165) is 17.7 Å². The molecule has 0 radical (unpaired) electrons. The minimum atomic E-state index is -4.43. The number of rotatable bonds is 2. The van der Waals surface area contributed by atoms with Gasteiger partial charge in [0, 0.05) is 22.1 Å². The second-order valence-corrected chi connectivity index (χ2v) is 4.86. The van der Waals surface area contributed by atoms with E-state index in [1.54, 1.807) is 18.2 Å². The molecule has 0 saturated carbocycles. The Balaban J connectivity index is 2.33. The Labute approximate surface area is 119 Å². The standard InChI is InChI=1S/C14H12ClF3N2/c1-8-4-11(2-3-13(8)19)20-12-6-9(14(16,17)18)5-10(15)7-12/h2-7,20H,19H2,1H3. The summed E-state index contributed by atoms with van der Waals surface area (Å²) in [6.07, 6.45) is -4.43. The van der Waals surface area contributed by atoms with E-state index < -0.39 is 11.7 Å². The highest BCUT2D eigenvalue weighted by molar-refractivity contribution is 6.31. The Bertz CT molecular complexity index is 639. The van der Waals surface area contributed by atoms with E-state index in [1.165, 1.54) is 6.07 Å². The highest BCUT2D eigenvalue weighted by Crippen LogP contribution is 2.34. The summed E-state index contributed by atoms with van der Waals surface area (Å²) in [5, 5.41) is 2.91. The van der Waals surface area contributed by atoms with E-state index >= 15 is 0 Å². The van der Waals surface area contributed by atoms with Crippen LogP contribution in [0.1, 0.15) is 11.1 Å². The molecule has 6 heteroatoms. The van der Waals surface area contributed by atoms with Crippen LogP contribution in [0, 0.1) is 6.92 Å². The lowest BCUT2D eigenvalue weighted by atomic mass is 10.1. The Hall–Kier alpha value is -1.88. The molecule has 2 aromatic carbocycles. The van der Waals surface area contributed by atoms with Gasteiger partial charge in [0.05, 0.1) is 5.56 Å². The molecule has 0 bridgehead atoms. The summed E-state index contributed by atoms with van der Waals surface area (Å²) in [6.45, 7) is 1.82. The van der Waals surface area contributed by atoms with E-state index in [-0.39, 0.29) is 10.7 Å². The van der Waals surface area contributed by atoms with Crippen LogP contribution in [-0.4, -0.2) is 0 Å². The fraction of sp³-hybridized carbons (Fsp3) is 0.143. The van der Waals surface area contributed by atoms with Crippen LogP contribution in [-0.2, 0) is 6.18 Å². The lowest BCUT2D eigenvalue weighted by molar-refractivity contribution is -0.137. The van der Waals surface area contributed by atoms with Crippen LogP contribution in [0.4, 0.5) is 30.2 Å². The van der Waals surface area contributed by atoms with E-state index in [4.69, 9.17) is 17.3 Å². The van der Waals surface area contributed by atoms with Crippen molar-refractivity contribution in [1.82, 2.24) is 0 Å². The summed E-state index contributed by atoms with van der Waals surface area (Å²) in [5.41, 5.74) is 7.28. The minimum absolute atomic E-state index is 0.0227.